The molecule has 1 saturated carbocycles. The first-order valence-electron chi connectivity index (χ1n) is 6.26. The first kappa shape index (κ1) is 8.82. The van der Waals surface area contributed by atoms with E-state index in [1.807, 2.05) is 0 Å². The monoisotopic (exact) mass is 212 g/mol. The van der Waals surface area contributed by atoms with Crippen LogP contribution in [-0.4, -0.2) is 11.5 Å². The highest BCUT2D eigenvalue weighted by Gasteiger charge is 2.36. The summed E-state index contributed by atoms with van der Waals surface area (Å²) < 4.78 is 0. The quantitative estimate of drug-likeness (QED) is 0.747. The van der Waals surface area contributed by atoms with Gasteiger partial charge >= 0.3 is 0 Å². The highest BCUT2D eigenvalue weighted by Crippen LogP contribution is 2.44. The molecule has 0 spiro atoms. The molecule has 2 aliphatic rings. The van der Waals surface area contributed by atoms with E-state index in [1.54, 1.807) is 5.56 Å². The molecule has 16 heavy (non-hydrogen) atoms. The molecule has 4 rings (SSSR count). The van der Waals surface area contributed by atoms with Crippen molar-refractivity contribution < 1.29 is 0 Å². The molecule has 1 fully saturated rings. The zero-order chi connectivity index (χ0) is 10.5. The Balaban J connectivity index is 1.93. The molecule has 1 atom stereocenters. The Morgan fingerprint density at radius 3 is 2.88 bits per heavy atom. The number of benzene rings is 1. The van der Waals surface area contributed by atoms with Crippen LogP contribution in [-0.2, 0) is 6.42 Å². The van der Waals surface area contributed by atoms with Crippen molar-refractivity contribution in [3.05, 3.63) is 35.5 Å². The summed E-state index contributed by atoms with van der Waals surface area (Å²) in [7, 11) is 0. The lowest BCUT2D eigenvalue weighted by molar-refractivity contribution is 0.451. The predicted octanol–water partition coefficient (Wildman–Crippen LogP) is 2.76. The molecule has 0 saturated heterocycles. The van der Waals surface area contributed by atoms with E-state index in [-0.39, 0.29) is 0 Å². The molecular weight excluding hydrogens is 196 g/mol. The molecule has 1 unspecified atom stereocenters. The van der Waals surface area contributed by atoms with E-state index in [0.717, 1.165) is 12.5 Å². The summed E-state index contributed by atoms with van der Waals surface area (Å²) in [5.41, 5.74) is 4.34. The maximum Gasteiger partial charge on any atom is 0.0504 e. The average Bonchev–Trinajstić information content (AvgIpc) is 3.09. The van der Waals surface area contributed by atoms with E-state index < -0.39 is 0 Å². The molecule has 2 aromatic rings. The molecule has 2 N–H and O–H groups in total. The number of fused-ring (bicyclic) bond motifs is 3. The maximum atomic E-state index is 3.67. The number of hydrogen-bond acceptors (Lipinski definition) is 1. The predicted molar refractivity (Wildman–Crippen MR) is 65.5 cm³/mol. The molecule has 2 heteroatoms. The zero-order valence-electron chi connectivity index (χ0n) is 9.29. The van der Waals surface area contributed by atoms with Gasteiger partial charge in [0.05, 0.1) is 6.04 Å². The fraction of sp³-hybridized carbons (Fsp3) is 0.429. The molecular formula is C14H16N2. The van der Waals surface area contributed by atoms with Gasteiger partial charge in [0.25, 0.3) is 0 Å². The van der Waals surface area contributed by atoms with E-state index in [9.17, 15) is 0 Å². The molecule has 82 valence electrons. The average molecular weight is 212 g/mol. The van der Waals surface area contributed by atoms with E-state index in [1.165, 1.54) is 35.9 Å². The summed E-state index contributed by atoms with van der Waals surface area (Å²) in [6.07, 6.45) is 3.96. The molecule has 1 aliphatic carbocycles. The normalized spacial score (nSPS) is 24.6. The number of rotatable bonds is 1. The Morgan fingerprint density at radius 1 is 1.12 bits per heavy atom. The Bertz CT molecular complexity index is 537. The van der Waals surface area contributed by atoms with Gasteiger partial charge in [-0.15, -0.1) is 0 Å². The van der Waals surface area contributed by atoms with Crippen LogP contribution in [0.5, 0.6) is 0 Å². The number of aromatic amines is 1. The largest absolute Gasteiger partial charge is 0.357 e. The summed E-state index contributed by atoms with van der Waals surface area (Å²) in [6, 6.07) is 9.29. The topological polar surface area (TPSA) is 27.8 Å². The first-order valence-corrected chi connectivity index (χ1v) is 6.26. The lowest BCUT2D eigenvalue weighted by Gasteiger charge is -2.24. The summed E-state index contributed by atoms with van der Waals surface area (Å²) in [6.45, 7) is 1.13. The van der Waals surface area contributed by atoms with Crippen LogP contribution < -0.4 is 5.32 Å². The van der Waals surface area contributed by atoms with Crippen LogP contribution in [0.25, 0.3) is 10.9 Å². The zero-order valence-corrected chi connectivity index (χ0v) is 9.29. The van der Waals surface area contributed by atoms with Crippen LogP contribution in [0.4, 0.5) is 0 Å². The summed E-state index contributed by atoms with van der Waals surface area (Å²) in [5, 5.41) is 5.10. The second kappa shape index (κ2) is 3.11. The van der Waals surface area contributed by atoms with Crippen LogP contribution in [0.2, 0.25) is 0 Å². The lowest BCUT2D eigenvalue weighted by atomic mass is 9.96. The number of H-pyrrole nitrogens is 1. The van der Waals surface area contributed by atoms with Gasteiger partial charge in [0.2, 0.25) is 0 Å². The van der Waals surface area contributed by atoms with Gasteiger partial charge in [-0.25, -0.2) is 0 Å². The lowest BCUT2D eigenvalue weighted by Crippen LogP contribution is -2.30. The molecule has 0 bridgehead atoms. The molecule has 2 nitrogen and oxygen atoms in total. The third kappa shape index (κ3) is 1.17. The van der Waals surface area contributed by atoms with Crippen LogP contribution >= 0.6 is 0 Å². The Kier molecular flexibility index (Phi) is 1.71. The van der Waals surface area contributed by atoms with Gasteiger partial charge < -0.3 is 10.3 Å². The van der Waals surface area contributed by atoms with E-state index in [2.05, 4.69) is 34.6 Å². The second-order valence-electron chi connectivity index (χ2n) is 5.08. The van der Waals surface area contributed by atoms with Crippen molar-refractivity contribution >= 4 is 10.9 Å². The standard InChI is InChI=1S/C14H16N2/c1-2-4-12-10(3-1)11-7-8-15-13(9-5-6-9)14(11)16-12/h1-4,9,13,15-16H,5-8H2. The summed E-state index contributed by atoms with van der Waals surface area (Å²) in [5.74, 6) is 0.882. The van der Waals surface area contributed by atoms with E-state index >= 15 is 0 Å². The molecule has 1 aliphatic heterocycles. The van der Waals surface area contributed by atoms with Gasteiger partial charge in [0.15, 0.2) is 0 Å². The van der Waals surface area contributed by atoms with Crippen molar-refractivity contribution in [2.75, 3.05) is 6.54 Å². The Morgan fingerprint density at radius 2 is 2.00 bits per heavy atom. The molecule has 0 amide bonds. The number of nitrogens with one attached hydrogen (secondary N) is 2. The Labute approximate surface area is 95.1 Å². The second-order valence-corrected chi connectivity index (χ2v) is 5.08. The highest BCUT2D eigenvalue weighted by molar-refractivity contribution is 5.85. The van der Waals surface area contributed by atoms with Crippen LogP contribution in [0.15, 0.2) is 24.3 Å². The van der Waals surface area contributed by atoms with Crippen LogP contribution in [0.3, 0.4) is 0 Å². The van der Waals surface area contributed by atoms with E-state index in [0.29, 0.717) is 6.04 Å². The maximum absolute atomic E-state index is 3.67. The highest BCUT2D eigenvalue weighted by atomic mass is 15.0. The van der Waals surface area contributed by atoms with Crippen LogP contribution in [0, 0.1) is 5.92 Å². The van der Waals surface area contributed by atoms with Gasteiger partial charge in [-0.2, -0.15) is 0 Å². The van der Waals surface area contributed by atoms with Crippen molar-refractivity contribution in [2.45, 2.75) is 25.3 Å². The SMILES string of the molecule is c1ccc2c3c([nH]c2c1)C(C1CC1)NCC3. The first-order chi connectivity index (χ1) is 7.93. The minimum atomic E-state index is 0.594. The fourth-order valence-corrected chi connectivity index (χ4v) is 3.04. The summed E-state index contributed by atoms with van der Waals surface area (Å²) >= 11 is 0. The third-order valence-corrected chi connectivity index (χ3v) is 3.99. The molecule has 1 aromatic heterocycles. The minimum absolute atomic E-state index is 0.594. The third-order valence-electron chi connectivity index (χ3n) is 3.99. The van der Waals surface area contributed by atoms with Crippen molar-refractivity contribution in [2.24, 2.45) is 5.92 Å². The van der Waals surface area contributed by atoms with Crippen molar-refractivity contribution in [1.82, 2.24) is 10.3 Å². The van der Waals surface area contributed by atoms with E-state index in [4.69, 9.17) is 0 Å². The number of para-hydroxylation sites is 1. The van der Waals surface area contributed by atoms with Gasteiger partial charge in [-0.3, -0.25) is 0 Å². The smallest absolute Gasteiger partial charge is 0.0504 e. The van der Waals surface area contributed by atoms with Crippen molar-refractivity contribution in [3.8, 4) is 0 Å². The van der Waals surface area contributed by atoms with Gasteiger partial charge in [0.1, 0.15) is 0 Å². The Hall–Kier alpha value is -1.28. The molecule has 1 aromatic carbocycles. The van der Waals surface area contributed by atoms with Gasteiger partial charge in [0, 0.05) is 16.6 Å². The van der Waals surface area contributed by atoms with Crippen molar-refractivity contribution in [1.29, 1.82) is 0 Å². The number of hydrogen-bond donors (Lipinski definition) is 2. The van der Waals surface area contributed by atoms with Gasteiger partial charge in [-0.1, -0.05) is 18.2 Å². The van der Waals surface area contributed by atoms with Crippen molar-refractivity contribution in [3.63, 3.8) is 0 Å². The molecule has 2 heterocycles. The van der Waals surface area contributed by atoms with Gasteiger partial charge in [-0.05, 0) is 43.4 Å². The summed E-state index contributed by atoms with van der Waals surface area (Å²) in [4.78, 5) is 3.62. The van der Waals surface area contributed by atoms with Crippen LogP contribution in [0.1, 0.15) is 30.1 Å². The fourth-order valence-electron chi connectivity index (χ4n) is 3.04. The number of aromatic nitrogens is 1. The minimum Gasteiger partial charge on any atom is -0.357 e. The molecule has 0 radical (unpaired) electrons.